The first kappa shape index (κ1) is 12.4. The second-order valence-corrected chi connectivity index (χ2v) is 4.05. The van der Waals surface area contributed by atoms with Crippen LogP contribution in [0.1, 0.15) is 28.6 Å². The van der Waals surface area contributed by atoms with Gasteiger partial charge in [-0.1, -0.05) is 30.3 Å². The molecule has 2 aromatic rings. The Bertz CT molecular complexity index is 480. The van der Waals surface area contributed by atoms with Crippen molar-refractivity contribution in [1.82, 2.24) is 10.3 Å². The van der Waals surface area contributed by atoms with Gasteiger partial charge >= 0.3 is 0 Å². The molecule has 1 aromatic heterocycles. The van der Waals surface area contributed by atoms with Crippen LogP contribution in [-0.4, -0.2) is 22.5 Å². The van der Waals surface area contributed by atoms with E-state index in [0.717, 1.165) is 5.56 Å². The molecule has 18 heavy (non-hydrogen) atoms. The summed E-state index contributed by atoms with van der Waals surface area (Å²) in [6, 6.07) is 12.9. The second-order valence-electron chi connectivity index (χ2n) is 4.05. The van der Waals surface area contributed by atoms with Crippen molar-refractivity contribution in [3.8, 4) is 0 Å². The van der Waals surface area contributed by atoms with Crippen molar-refractivity contribution in [2.75, 3.05) is 6.54 Å². The van der Waals surface area contributed by atoms with Gasteiger partial charge in [0.2, 0.25) is 0 Å². The number of hydrogen-bond acceptors (Lipinski definition) is 2. The van der Waals surface area contributed by atoms with Gasteiger partial charge in [-0.05, 0) is 24.1 Å². The molecule has 4 heteroatoms. The third-order valence-corrected chi connectivity index (χ3v) is 2.73. The Balaban J connectivity index is 1.77. The fourth-order valence-corrected chi connectivity index (χ4v) is 1.73. The van der Waals surface area contributed by atoms with Crippen molar-refractivity contribution in [1.29, 1.82) is 0 Å². The molecule has 4 nitrogen and oxygen atoms in total. The summed E-state index contributed by atoms with van der Waals surface area (Å²) in [6.07, 6.45) is 1.65. The van der Waals surface area contributed by atoms with Crippen LogP contribution in [0.15, 0.2) is 48.7 Å². The summed E-state index contributed by atoms with van der Waals surface area (Å²) in [7, 11) is 0. The minimum atomic E-state index is -0.546. The smallest absolute Gasteiger partial charge is 0.267 e. The molecule has 1 heterocycles. The van der Waals surface area contributed by atoms with Crippen LogP contribution in [0.5, 0.6) is 0 Å². The third-order valence-electron chi connectivity index (χ3n) is 2.73. The van der Waals surface area contributed by atoms with E-state index in [0.29, 0.717) is 18.7 Å². The molecule has 0 aliphatic rings. The van der Waals surface area contributed by atoms with Gasteiger partial charge in [0, 0.05) is 12.7 Å². The Morgan fingerprint density at radius 1 is 1.22 bits per heavy atom. The molecular formula is C14H16N2O2. The lowest BCUT2D eigenvalue weighted by Gasteiger charge is -2.11. The Labute approximate surface area is 106 Å². The van der Waals surface area contributed by atoms with Crippen LogP contribution in [0, 0.1) is 0 Å². The number of aromatic amines is 1. The zero-order valence-electron chi connectivity index (χ0n) is 9.97. The van der Waals surface area contributed by atoms with Gasteiger partial charge in [0.25, 0.3) is 5.91 Å². The zero-order valence-corrected chi connectivity index (χ0v) is 9.97. The zero-order chi connectivity index (χ0) is 12.8. The summed E-state index contributed by atoms with van der Waals surface area (Å²) in [5.74, 6) is -0.153. The fourth-order valence-electron chi connectivity index (χ4n) is 1.73. The van der Waals surface area contributed by atoms with Crippen LogP contribution >= 0.6 is 0 Å². The maximum atomic E-state index is 11.6. The molecule has 94 valence electrons. The first-order valence-electron chi connectivity index (χ1n) is 5.92. The van der Waals surface area contributed by atoms with E-state index in [9.17, 15) is 9.90 Å². The first-order chi connectivity index (χ1) is 8.77. The highest BCUT2D eigenvalue weighted by molar-refractivity contribution is 5.92. The maximum absolute atomic E-state index is 11.6. The normalized spacial score (nSPS) is 12.1. The lowest BCUT2D eigenvalue weighted by Crippen LogP contribution is -2.25. The van der Waals surface area contributed by atoms with E-state index < -0.39 is 6.10 Å². The van der Waals surface area contributed by atoms with E-state index in [1.165, 1.54) is 0 Å². The average molecular weight is 244 g/mol. The van der Waals surface area contributed by atoms with Crippen LogP contribution in [0.4, 0.5) is 0 Å². The van der Waals surface area contributed by atoms with Gasteiger partial charge in [-0.2, -0.15) is 0 Å². The average Bonchev–Trinajstić information content (AvgIpc) is 2.93. The summed E-state index contributed by atoms with van der Waals surface area (Å²) in [4.78, 5) is 14.4. The molecule has 0 spiro atoms. The minimum Gasteiger partial charge on any atom is -0.388 e. The molecule has 0 aliphatic carbocycles. The Morgan fingerprint density at radius 3 is 2.67 bits per heavy atom. The molecule has 1 unspecified atom stereocenters. The number of nitrogens with one attached hydrogen (secondary N) is 2. The number of benzene rings is 1. The van der Waals surface area contributed by atoms with E-state index in [2.05, 4.69) is 10.3 Å². The summed E-state index contributed by atoms with van der Waals surface area (Å²) < 4.78 is 0. The predicted molar refractivity (Wildman–Crippen MR) is 69.1 cm³/mol. The number of carbonyl (C=O) groups excluding carboxylic acids is 1. The molecule has 2 rings (SSSR count). The molecule has 0 saturated heterocycles. The lowest BCUT2D eigenvalue weighted by atomic mass is 10.1. The van der Waals surface area contributed by atoms with Crippen LogP contribution in [-0.2, 0) is 0 Å². The van der Waals surface area contributed by atoms with Gasteiger partial charge in [-0.15, -0.1) is 0 Å². The number of hydrogen-bond donors (Lipinski definition) is 3. The van der Waals surface area contributed by atoms with E-state index in [1.807, 2.05) is 30.3 Å². The minimum absolute atomic E-state index is 0.153. The van der Waals surface area contributed by atoms with Gasteiger partial charge in [-0.3, -0.25) is 4.79 Å². The number of H-pyrrole nitrogens is 1. The molecule has 0 radical (unpaired) electrons. The number of aromatic nitrogens is 1. The number of carbonyl (C=O) groups is 1. The standard InChI is InChI=1S/C14H16N2O2/c17-13(11-5-2-1-3-6-11)8-10-16-14(18)12-7-4-9-15-12/h1-7,9,13,15,17H,8,10H2,(H,16,18). The lowest BCUT2D eigenvalue weighted by molar-refractivity contribution is 0.0938. The molecular weight excluding hydrogens is 228 g/mol. The summed E-state index contributed by atoms with van der Waals surface area (Å²) in [6.45, 7) is 0.438. The highest BCUT2D eigenvalue weighted by atomic mass is 16.3. The molecule has 1 amide bonds. The van der Waals surface area contributed by atoms with Gasteiger partial charge in [0.15, 0.2) is 0 Å². The number of amides is 1. The second kappa shape index (κ2) is 6.02. The maximum Gasteiger partial charge on any atom is 0.267 e. The van der Waals surface area contributed by atoms with Crippen molar-refractivity contribution in [3.05, 3.63) is 59.9 Å². The summed E-state index contributed by atoms with van der Waals surface area (Å²) in [5.41, 5.74) is 1.40. The molecule has 0 aliphatic heterocycles. The first-order valence-corrected chi connectivity index (χ1v) is 5.92. The Morgan fingerprint density at radius 2 is 2.00 bits per heavy atom. The van der Waals surface area contributed by atoms with Crippen LogP contribution in [0.3, 0.4) is 0 Å². The van der Waals surface area contributed by atoms with Crippen molar-refractivity contribution in [2.24, 2.45) is 0 Å². The largest absolute Gasteiger partial charge is 0.388 e. The van der Waals surface area contributed by atoms with Crippen LogP contribution in [0.25, 0.3) is 0 Å². The Hall–Kier alpha value is -2.07. The summed E-state index contributed by atoms with van der Waals surface area (Å²) in [5, 5.41) is 12.7. The summed E-state index contributed by atoms with van der Waals surface area (Å²) >= 11 is 0. The van der Waals surface area contributed by atoms with Crippen molar-refractivity contribution in [2.45, 2.75) is 12.5 Å². The quantitative estimate of drug-likeness (QED) is 0.751. The molecule has 1 atom stereocenters. The SMILES string of the molecule is O=C(NCCC(O)c1ccccc1)c1ccc[nH]1. The van der Waals surface area contributed by atoms with E-state index in [1.54, 1.807) is 18.3 Å². The highest BCUT2D eigenvalue weighted by Gasteiger charge is 2.09. The Kier molecular flexibility index (Phi) is 4.15. The van der Waals surface area contributed by atoms with Gasteiger partial charge < -0.3 is 15.4 Å². The monoisotopic (exact) mass is 244 g/mol. The molecule has 0 saturated carbocycles. The van der Waals surface area contributed by atoms with Gasteiger partial charge in [0.1, 0.15) is 5.69 Å². The molecule has 0 fully saturated rings. The number of aliphatic hydroxyl groups excluding tert-OH is 1. The van der Waals surface area contributed by atoms with Gasteiger partial charge in [-0.25, -0.2) is 0 Å². The molecule has 0 bridgehead atoms. The fraction of sp³-hybridized carbons (Fsp3) is 0.214. The van der Waals surface area contributed by atoms with Crippen molar-refractivity contribution >= 4 is 5.91 Å². The van der Waals surface area contributed by atoms with E-state index in [4.69, 9.17) is 0 Å². The van der Waals surface area contributed by atoms with Crippen molar-refractivity contribution in [3.63, 3.8) is 0 Å². The van der Waals surface area contributed by atoms with Gasteiger partial charge in [0.05, 0.1) is 6.10 Å². The topological polar surface area (TPSA) is 65.1 Å². The number of aliphatic hydroxyl groups is 1. The van der Waals surface area contributed by atoms with E-state index >= 15 is 0 Å². The van der Waals surface area contributed by atoms with Crippen LogP contribution < -0.4 is 5.32 Å². The predicted octanol–water partition coefficient (Wildman–Crippen LogP) is 1.87. The number of rotatable bonds is 5. The van der Waals surface area contributed by atoms with Crippen molar-refractivity contribution < 1.29 is 9.90 Å². The highest BCUT2D eigenvalue weighted by Crippen LogP contribution is 2.14. The van der Waals surface area contributed by atoms with E-state index in [-0.39, 0.29) is 5.91 Å². The molecule has 1 aromatic carbocycles. The van der Waals surface area contributed by atoms with Crippen LogP contribution in [0.2, 0.25) is 0 Å². The third kappa shape index (κ3) is 3.21. The molecule has 3 N–H and O–H groups in total.